The van der Waals surface area contributed by atoms with E-state index in [9.17, 15) is 27.2 Å². The highest BCUT2D eigenvalue weighted by Crippen LogP contribution is 2.39. The summed E-state index contributed by atoms with van der Waals surface area (Å²) in [6, 6.07) is 2.24. The molecule has 0 spiro atoms. The molecule has 34 heavy (non-hydrogen) atoms. The number of rotatable bonds is 4. The van der Waals surface area contributed by atoms with Gasteiger partial charge in [0.2, 0.25) is 11.8 Å². The predicted molar refractivity (Wildman–Crippen MR) is 110 cm³/mol. The van der Waals surface area contributed by atoms with Crippen LogP contribution >= 0.6 is 0 Å². The Kier molecular flexibility index (Phi) is 5.65. The first-order valence-corrected chi connectivity index (χ1v) is 11.1. The summed E-state index contributed by atoms with van der Waals surface area (Å²) in [6.45, 7) is 0.377. The monoisotopic (exact) mass is 478 g/mol. The number of benzene rings is 1. The summed E-state index contributed by atoms with van der Waals surface area (Å²) < 4.78 is 59.7. The van der Waals surface area contributed by atoms with Gasteiger partial charge in [0.05, 0.1) is 41.8 Å². The second kappa shape index (κ2) is 8.52. The van der Waals surface area contributed by atoms with Gasteiger partial charge in [0, 0.05) is 31.8 Å². The quantitative estimate of drug-likeness (QED) is 0.630. The van der Waals surface area contributed by atoms with Crippen molar-refractivity contribution in [2.75, 3.05) is 19.6 Å². The van der Waals surface area contributed by atoms with Gasteiger partial charge in [-0.15, -0.1) is 0 Å². The van der Waals surface area contributed by atoms with Crippen molar-refractivity contribution in [3.8, 4) is 5.88 Å². The van der Waals surface area contributed by atoms with Gasteiger partial charge in [0.1, 0.15) is 11.9 Å². The average molecular weight is 478 g/mol. The fourth-order valence-electron chi connectivity index (χ4n) is 4.58. The van der Waals surface area contributed by atoms with Gasteiger partial charge in [-0.3, -0.25) is 14.6 Å². The Morgan fingerprint density at radius 3 is 2.59 bits per heavy atom. The lowest BCUT2D eigenvalue weighted by Gasteiger charge is -2.25. The van der Waals surface area contributed by atoms with E-state index in [0.29, 0.717) is 30.8 Å². The van der Waals surface area contributed by atoms with Crippen molar-refractivity contribution in [3.05, 3.63) is 53.2 Å². The Hall–Kier alpha value is -3.24. The third-order valence-electron chi connectivity index (χ3n) is 6.48. The van der Waals surface area contributed by atoms with Crippen LogP contribution in [0.5, 0.6) is 5.88 Å². The molecule has 0 radical (unpaired) electrons. The number of amides is 2. The zero-order valence-electron chi connectivity index (χ0n) is 18.1. The van der Waals surface area contributed by atoms with E-state index >= 15 is 0 Å². The van der Waals surface area contributed by atoms with Crippen LogP contribution in [0.4, 0.5) is 17.6 Å². The molecule has 5 rings (SSSR count). The number of hydrogen-bond donors (Lipinski definition) is 0. The lowest BCUT2D eigenvalue weighted by molar-refractivity contribution is -0.140. The summed E-state index contributed by atoms with van der Waals surface area (Å²) in [7, 11) is 0. The van der Waals surface area contributed by atoms with E-state index < -0.39 is 35.1 Å². The van der Waals surface area contributed by atoms with Crippen molar-refractivity contribution < 1.29 is 31.9 Å². The third-order valence-corrected chi connectivity index (χ3v) is 6.48. The lowest BCUT2D eigenvalue weighted by atomic mass is 10.1. The smallest absolute Gasteiger partial charge is 0.419 e. The first-order chi connectivity index (χ1) is 16.2. The zero-order valence-corrected chi connectivity index (χ0v) is 18.1. The number of carbonyl (C=O) groups excluding carboxylic acids is 2. The number of hydrogen-bond acceptors (Lipinski definition) is 5. The van der Waals surface area contributed by atoms with Gasteiger partial charge >= 0.3 is 6.18 Å². The number of aromatic nitrogens is 2. The Morgan fingerprint density at radius 1 is 1.12 bits per heavy atom. The van der Waals surface area contributed by atoms with Crippen LogP contribution in [0.25, 0.3) is 0 Å². The maximum Gasteiger partial charge on any atom is 0.419 e. The van der Waals surface area contributed by atoms with Crippen LogP contribution in [0, 0.1) is 5.82 Å². The minimum Gasteiger partial charge on any atom is -0.471 e. The van der Waals surface area contributed by atoms with Crippen LogP contribution in [0.3, 0.4) is 0 Å². The van der Waals surface area contributed by atoms with Crippen LogP contribution in [0.1, 0.15) is 53.2 Å². The van der Waals surface area contributed by atoms with Gasteiger partial charge in [-0.2, -0.15) is 13.2 Å². The molecule has 2 aromatic rings. The largest absolute Gasteiger partial charge is 0.471 e. The standard InChI is InChI=1S/C23H22F4N4O3/c24-21-16(2-1-3-17(21)23(25,26)27)22(33)30-7-6-20(32)31-12-15(8-14(31)11-30)34-19-10-28-18(9-29-19)13-4-5-13/h1-3,9-10,13-15H,4-8,11-12H2/t14-,15+/m1/s1. The number of alkyl halides is 3. The van der Waals surface area contributed by atoms with Crippen molar-refractivity contribution in [1.82, 2.24) is 19.8 Å². The highest BCUT2D eigenvalue weighted by Gasteiger charge is 2.42. The molecule has 0 unspecified atom stereocenters. The fraction of sp³-hybridized carbons (Fsp3) is 0.478. The van der Waals surface area contributed by atoms with E-state index in [4.69, 9.17) is 4.74 Å². The molecule has 0 bridgehead atoms. The molecule has 2 saturated heterocycles. The van der Waals surface area contributed by atoms with Crippen LogP contribution in [0.15, 0.2) is 30.6 Å². The number of nitrogens with zero attached hydrogens (tertiary/aromatic N) is 4. The number of ether oxygens (including phenoxy) is 1. The summed E-state index contributed by atoms with van der Waals surface area (Å²) in [5, 5.41) is 0. The van der Waals surface area contributed by atoms with Crippen molar-refractivity contribution in [2.24, 2.45) is 0 Å². The normalized spacial score (nSPS) is 23.0. The molecule has 1 aromatic carbocycles. The molecule has 2 atom stereocenters. The topological polar surface area (TPSA) is 75.6 Å². The minimum atomic E-state index is -4.91. The molecule has 1 aliphatic carbocycles. The summed E-state index contributed by atoms with van der Waals surface area (Å²) in [4.78, 5) is 37.1. The first kappa shape index (κ1) is 22.5. The van der Waals surface area contributed by atoms with Gasteiger partial charge in [-0.1, -0.05) is 6.07 Å². The minimum absolute atomic E-state index is 0.0000195. The van der Waals surface area contributed by atoms with E-state index in [1.165, 1.54) is 4.90 Å². The Morgan fingerprint density at radius 2 is 1.91 bits per heavy atom. The molecule has 2 aliphatic heterocycles. The molecule has 0 N–H and O–H groups in total. The van der Waals surface area contributed by atoms with Crippen LogP contribution in [-0.2, 0) is 11.0 Å². The lowest BCUT2D eigenvalue weighted by Crippen LogP contribution is -2.41. The van der Waals surface area contributed by atoms with Crippen molar-refractivity contribution in [2.45, 2.75) is 49.9 Å². The molecule has 180 valence electrons. The summed E-state index contributed by atoms with van der Waals surface area (Å²) >= 11 is 0. The molecule has 2 amide bonds. The van der Waals surface area contributed by atoms with Crippen molar-refractivity contribution in [1.29, 1.82) is 0 Å². The molecular formula is C23H22F4N4O3. The van der Waals surface area contributed by atoms with Crippen LogP contribution in [-0.4, -0.2) is 63.4 Å². The molecular weight excluding hydrogens is 456 g/mol. The van der Waals surface area contributed by atoms with Gasteiger partial charge in [-0.25, -0.2) is 9.37 Å². The van der Waals surface area contributed by atoms with Gasteiger partial charge in [0.25, 0.3) is 5.91 Å². The molecule has 3 fully saturated rings. The number of halogens is 4. The van der Waals surface area contributed by atoms with Gasteiger partial charge in [0.15, 0.2) is 0 Å². The molecule has 1 aromatic heterocycles. The average Bonchev–Trinajstić information content (AvgIpc) is 3.59. The molecule has 11 heteroatoms. The summed E-state index contributed by atoms with van der Waals surface area (Å²) in [5.41, 5.74) is -1.22. The highest BCUT2D eigenvalue weighted by molar-refractivity contribution is 5.95. The maximum atomic E-state index is 14.5. The third kappa shape index (κ3) is 4.43. The van der Waals surface area contributed by atoms with E-state index in [1.807, 2.05) is 0 Å². The SMILES string of the molecule is O=C(c1cccc(C(F)(F)F)c1F)N1CCC(=O)N2C[C@@H](Oc3cnc(C4CC4)cn3)C[C@@H]2C1. The second-order valence-corrected chi connectivity index (χ2v) is 8.90. The van der Waals surface area contributed by atoms with Crippen molar-refractivity contribution >= 4 is 11.8 Å². The second-order valence-electron chi connectivity index (χ2n) is 8.90. The first-order valence-electron chi connectivity index (χ1n) is 11.1. The van der Waals surface area contributed by atoms with E-state index in [1.54, 1.807) is 17.3 Å². The molecule has 3 aliphatic rings. The highest BCUT2D eigenvalue weighted by atomic mass is 19.4. The number of fused-ring (bicyclic) bond motifs is 1. The van der Waals surface area contributed by atoms with Crippen LogP contribution in [0.2, 0.25) is 0 Å². The molecule has 3 heterocycles. The summed E-state index contributed by atoms with van der Waals surface area (Å²) in [6.07, 6.45) is 0.585. The fourth-order valence-corrected chi connectivity index (χ4v) is 4.58. The molecule has 7 nitrogen and oxygen atoms in total. The Labute approximate surface area is 192 Å². The van der Waals surface area contributed by atoms with Crippen LogP contribution < -0.4 is 4.74 Å². The van der Waals surface area contributed by atoms with Gasteiger partial charge in [-0.05, 0) is 25.0 Å². The predicted octanol–water partition coefficient (Wildman–Crippen LogP) is 3.41. The number of carbonyl (C=O) groups is 2. The zero-order chi connectivity index (χ0) is 24.0. The van der Waals surface area contributed by atoms with Gasteiger partial charge < -0.3 is 14.5 Å². The van der Waals surface area contributed by atoms with E-state index in [-0.39, 0.29) is 31.5 Å². The molecule has 1 saturated carbocycles. The maximum absolute atomic E-state index is 14.5. The van der Waals surface area contributed by atoms with E-state index in [2.05, 4.69) is 9.97 Å². The Bertz CT molecular complexity index is 1100. The Balaban J connectivity index is 1.29. The van der Waals surface area contributed by atoms with E-state index in [0.717, 1.165) is 30.7 Å². The van der Waals surface area contributed by atoms with Crippen molar-refractivity contribution in [3.63, 3.8) is 0 Å². The summed E-state index contributed by atoms with van der Waals surface area (Å²) in [5.74, 6) is -1.85.